The van der Waals surface area contributed by atoms with Gasteiger partial charge in [-0.05, 0) is 172 Å². The molecule has 4 aromatic rings. The van der Waals surface area contributed by atoms with Crippen molar-refractivity contribution in [1.82, 2.24) is 36.6 Å². The van der Waals surface area contributed by atoms with Crippen LogP contribution in [0.2, 0.25) is 5.02 Å². The molecule has 0 fully saturated rings. The number of hydrogen-bond acceptors (Lipinski definition) is 16. The number of nitrogens with zero attached hydrogens (tertiary/aromatic N) is 1. The van der Waals surface area contributed by atoms with Gasteiger partial charge in [-0.25, -0.2) is 22.7 Å². The van der Waals surface area contributed by atoms with E-state index in [-0.39, 0.29) is 62.8 Å². The second kappa shape index (κ2) is 32.4. The third-order valence-corrected chi connectivity index (χ3v) is 17.3. The van der Waals surface area contributed by atoms with Crippen LogP contribution in [-0.2, 0) is 70.8 Å². The van der Waals surface area contributed by atoms with Gasteiger partial charge < -0.3 is 66.4 Å². The number of ether oxygens (including phenoxy) is 5. The van der Waals surface area contributed by atoms with Crippen LogP contribution in [0.4, 0.5) is 9.59 Å². The monoisotopic (exact) mass is 1330 g/mol. The largest absolute Gasteiger partial charge is 0.487 e. The number of nitrogens with two attached hydrogens (primary N) is 1. The second-order valence-electron chi connectivity index (χ2n) is 25.5. The van der Waals surface area contributed by atoms with Gasteiger partial charge in [-0.1, -0.05) is 78.3 Å². The average molecular weight is 1330 g/mol. The van der Waals surface area contributed by atoms with Crippen LogP contribution in [0.3, 0.4) is 0 Å². The summed E-state index contributed by atoms with van der Waals surface area (Å²) in [4.78, 5) is 113. The number of unbranched alkanes of at least 4 members (excludes halogenated alkanes) is 1. The summed E-state index contributed by atoms with van der Waals surface area (Å²) in [5.74, 6) is -6.56. The summed E-state index contributed by atoms with van der Waals surface area (Å²) in [5.41, 5.74) is 10.6. The van der Waals surface area contributed by atoms with Crippen LogP contribution in [0, 0.1) is 20.8 Å². The van der Waals surface area contributed by atoms with Gasteiger partial charge in [0.2, 0.25) is 29.6 Å². The summed E-state index contributed by atoms with van der Waals surface area (Å²) in [6, 6.07) is 16.0. The fourth-order valence-electron chi connectivity index (χ4n) is 10.6. The first-order valence-electron chi connectivity index (χ1n) is 30.8. The molecule has 0 unspecified atom stereocenters. The molecule has 93 heavy (non-hydrogen) atoms. The predicted octanol–water partition coefficient (Wildman–Crippen LogP) is 6.95. The molecule has 506 valence electrons. The Labute approximate surface area is 548 Å². The second-order valence-corrected chi connectivity index (χ2v) is 27.5. The standard InChI is InChI=1S/C66H88ClN9O16S/c1-38-39(2)56(40(3)42-29-30-66(10,11)92-55(38)42)93(86,87)76-61(68)69-32-20-28-49(57(80)71-34-53(77)78)72-59(82)51(33-54(79)91-65(7,8)9)73-60(83)52(37-90-64(4,5)6)74-58(81)50(27-18-19-31-70-62(84)88-35-41-21-12-17-26-48(41)67)75-63(85)89-36-47-45-24-15-13-22-43(45)44-23-14-16-25-46(44)47/h12-17,21-26,47,49-52H,18-20,27-37H2,1-11H3,(H,70,84)(H,71,80)(H,72,82)(H,73,83)(H,74,81)(H,75,85)(H,77,78)(H3,68,69,76)/t49-,50-,51-,52-/m0/s1. The molecule has 0 aromatic heterocycles. The van der Waals surface area contributed by atoms with Gasteiger partial charge in [0.1, 0.15) is 60.9 Å². The van der Waals surface area contributed by atoms with Gasteiger partial charge in [-0.3, -0.25) is 33.8 Å². The number of nitrogens with one attached hydrogen (secondary N) is 7. The zero-order chi connectivity index (χ0) is 68.6. The highest BCUT2D eigenvalue weighted by Gasteiger charge is 2.37. The zero-order valence-electron chi connectivity index (χ0n) is 54.6. The van der Waals surface area contributed by atoms with Gasteiger partial charge in [0.15, 0.2) is 0 Å². The molecule has 1 aliphatic carbocycles. The number of esters is 1. The van der Waals surface area contributed by atoms with Crippen molar-refractivity contribution in [2.75, 3.05) is 32.8 Å². The third kappa shape index (κ3) is 21.8. The molecule has 1 heterocycles. The highest BCUT2D eigenvalue weighted by molar-refractivity contribution is 7.90. The van der Waals surface area contributed by atoms with Crippen molar-refractivity contribution in [3.05, 3.63) is 117 Å². The van der Waals surface area contributed by atoms with E-state index in [0.29, 0.717) is 52.3 Å². The highest BCUT2D eigenvalue weighted by atomic mass is 35.5. The van der Waals surface area contributed by atoms with Crippen molar-refractivity contribution in [3.8, 4) is 16.9 Å². The number of carboxylic acid groups (broad SMARTS) is 1. The number of halogens is 1. The molecular weight excluding hydrogens is 1240 g/mol. The number of fused-ring (bicyclic) bond motifs is 4. The first-order valence-corrected chi connectivity index (χ1v) is 32.7. The van der Waals surface area contributed by atoms with E-state index < -0.39 is 124 Å². The normalized spacial score (nSPS) is 14.8. The summed E-state index contributed by atoms with van der Waals surface area (Å²) in [5, 5.41) is 25.0. The van der Waals surface area contributed by atoms with Crippen LogP contribution < -0.4 is 47.1 Å². The Hall–Kier alpha value is -8.49. The zero-order valence-corrected chi connectivity index (χ0v) is 56.2. The maximum atomic E-state index is 14.7. The molecule has 4 atom stereocenters. The molecule has 0 saturated carbocycles. The van der Waals surface area contributed by atoms with Gasteiger partial charge >= 0.3 is 24.1 Å². The van der Waals surface area contributed by atoms with Gasteiger partial charge in [0, 0.05) is 29.6 Å². The smallest absolute Gasteiger partial charge is 0.407 e. The first kappa shape index (κ1) is 73.6. The number of hydrogen-bond donors (Lipinski definition) is 9. The molecule has 6 amide bonds. The van der Waals surface area contributed by atoms with E-state index in [2.05, 4.69) is 41.6 Å². The van der Waals surface area contributed by atoms with E-state index in [1.165, 1.54) is 0 Å². The number of alkyl carbamates (subject to hydrolysis) is 2. The summed E-state index contributed by atoms with van der Waals surface area (Å²) < 4.78 is 59.1. The van der Waals surface area contributed by atoms with Gasteiger partial charge in [-0.2, -0.15) is 0 Å². The summed E-state index contributed by atoms with van der Waals surface area (Å²) >= 11 is 6.22. The minimum Gasteiger partial charge on any atom is -0.487 e. The highest BCUT2D eigenvalue weighted by Crippen LogP contribution is 2.45. The first-order chi connectivity index (χ1) is 43.6. The van der Waals surface area contributed by atoms with Crippen molar-refractivity contribution in [1.29, 1.82) is 0 Å². The van der Waals surface area contributed by atoms with Crippen LogP contribution in [0.1, 0.15) is 145 Å². The molecule has 1 aliphatic heterocycles. The molecule has 2 aliphatic rings. The maximum absolute atomic E-state index is 14.7. The SMILES string of the molecule is Cc1c(C)c(S(=O)(=O)NC(N)=NCCC[C@H](NC(=O)[C@H](CC(=O)OC(C)(C)C)NC(=O)[C@H](COC(C)(C)C)NC(=O)[C@H](CCCCNC(=O)OCc2ccccc2Cl)NC(=O)OCC2c3ccccc3-c3ccccc32)C(=O)NCC(=O)O)c(C)c2c1OC(C)(C)CC2. The van der Waals surface area contributed by atoms with E-state index in [0.717, 1.165) is 27.8 Å². The van der Waals surface area contributed by atoms with E-state index in [4.69, 9.17) is 41.0 Å². The molecule has 4 aromatic carbocycles. The Kier molecular flexibility index (Phi) is 25.6. The Balaban J connectivity index is 1.19. The number of aliphatic imine (C=N–C) groups is 1. The minimum atomic E-state index is -4.30. The van der Waals surface area contributed by atoms with Crippen molar-refractivity contribution >= 4 is 75.3 Å². The topological polar surface area (TPSA) is 360 Å². The molecule has 0 radical (unpaired) electrons. The lowest BCUT2D eigenvalue weighted by Crippen LogP contribution is -2.60. The van der Waals surface area contributed by atoms with E-state index >= 15 is 0 Å². The molecular formula is C66H88ClN9O16S. The van der Waals surface area contributed by atoms with Crippen LogP contribution in [0.15, 0.2) is 82.7 Å². The van der Waals surface area contributed by atoms with E-state index in [1.54, 1.807) is 86.6 Å². The van der Waals surface area contributed by atoms with E-state index in [1.807, 2.05) is 62.4 Å². The van der Waals surface area contributed by atoms with Crippen LogP contribution in [0.25, 0.3) is 11.1 Å². The van der Waals surface area contributed by atoms with Crippen LogP contribution in [0.5, 0.6) is 5.75 Å². The number of sulfonamides is 1. The number of amides is 6. The molecule has 0 spiro atoms. The lowest BCUT2D eigenvalue weighted by atomic mass is 9.88. The summed E-state index contributed by atoms with van der Waals surface area (Å²) in [7, 11) is -4.30. The Bertz CT molecular complexity index is 3500. The predicted molar refractivity (Wildman–Crippen MR) is 348 cm³/mol. The number of rotatable bonds is 29. The number of carbonyl (C=O) groups is 8. The number of benzene rings is 4. The molecule has 0 saturated heterocycles. The van der Waals surface area contributed by atoms with Crippen molar-refractivity contribution in [3.63, 3.8) is 0 Å². The fraction of sp³-hybridized carbons (Fsp3) is 0.500. The molecule has 6 rings (SSSR count). The average Bonchev–Trinajstić information content (AvgIpc) is 1.63. The molecule has 0 bridgehead atoms. The van der Waals surface area contributed by atoms with Crippen molar-refractivity contribution in [2.45, 2.75) is 186 Å². The Morgan fingerprint density at radius 1 is 0.710 bits per heavy atom. The van der Waals surface area contributed by atoms with Crippen LogP contribution in [-0.4, -0.2) is 141 Å². The number of aliphatic carboxylic acids is 1. The number of guanidine groups is 1. The van der Waals surface area contributed by atoms with Crippen LogP contribution >= 0.6 is 11.6 Å². The maximum Gasteiger partial charge on any atom is 0.407 e. The quantitative estimate of drug-likeness (QED) is 0.00873. The molecule has 10 N–H and O–H groups in total. The Morgan fingerprint density at radius 2 is 1.29 bits per heavy atom. The molecule has 27 heteroatoms. The van der Waals surface area contributed by atoms with Crippen molar-refractivity contribution < 1.29 is 75.6 Å². The van der Waals surface area contributed by atoms with Gasteiger partial charge in [-0.15, -0.1) is 0 Å². The number of carboxylic acids is 1. The molecule has 25 nitrogen and oxygen atoms in total. The minimum absolute atomic E-state index is 0.0262. The van der Waals surface area contributed by atoms with Crippen molar-refractivity contribution in [2.24, 2.45) is 10.7 Å². The summed E-state index contributed by atoms with van der Waals surface area (Å²) in [6.07, 6.45) is -1.09. The van der Waals surface area contributed by atoms with Gasteiger partial charge in [0.25, 0.3) is 10.0 Å². The van der Waals surface area contributed by atoms with Gasteiger partial charge in [0.05, 0.1) is 23.5 Å². The third-order valence-electron chi connectivity index (χ3n) is 15.4. The lowest BCUT2D eigenvalue weighted by Gasteiger charge is -2.35. The fourth-order valence-corrected chi connectivity index (χ4v) is 12.4. The summed E-state index contributed by atoms with van der Waals surface area (Å²) in [6.45, 7) is 17.2. The van der Waals surface area contributed by atoms with E-state index in [9.17, 15) is 51.9 Å². The number of carbonyl (C=O) groups excluding carboxylic acids is 7. The Morgan fingerprint density at radius 3 is 1.92 bits per heavy atom. The lowest BCUT2D eigenvalue weighted by molar-refractivity contribution is -0.156.